The molecule has 1 aromatic carbocycles. The largest absolute Gasteiger partial charge is 0.491 e. The number of hydrogen-bond donors (Lipinski definition) is 4. The zero-order valence-corrected chi connectivity index (χ0v) is 16.6. The van der Waals surface area contributed by atoms with Crippen LogP contribution in [0.5, 0.6) is 5.75 Å². The number of anilines is 1. The number of nitrogens with two attached hydrogens (primary N) is 2. The van der Waals surface area contributed by atoms with Gasteiger partial charge in [0.1, 0.15) is 28.7 Å². The minimum absolute atomic E-state index is 0.265. The summed E-state index contributed by atoms with van der Waals surface area (Å²) in [5, 5.41) is 2.81. The number of benzene rings is 1. The monoisotopic (exact) mass is 402 g/mol. The van der Waals surface area contributed by atoms with Gasteiger partial charge in [0, 0.05) is 4.88 Å². The van der Waals surface area contributed by atoms with Crippen LogP contribution >= 0.6 is 11.3 Å². The van der Waals surface area contributed by atoms with E-state index in [9.17, 15) is 9.59 Å². The summed E-state index contributed by atoms with van der Waals surface area (Å²) >= 11 is 1.25. The number of thiophene rings is 1. The van der Waals surface area contributed by atoms with Crippen molar-refractivity contribution in [2.24, 2.45) is 11.5 Å². The lowest BCUT2D eigenvalue weighted by molar-refractivity contribution is 0.0636. The number of rotatable bonds is 6. The molecule has 2 aromatic rings. The summed E-state index contributed by atoms with van der Waals surface area (Å²) in [5.41, 5.74) is 15.0. The van der Waals surface area contributed by atoms with Gasteiger partial charge >= 0.3 is 6.03 Å². The Morgan fingerprint density at radius 1 is 1.25 bits per heavy atom. The van der Waals surface area contributed by atoms with Gasteiger partial charge in [-0.1, -0.05) is 0 Å². The summed E-state index contributed by atoms with van der Waals surface area (Å²) in [6.07, 6.45) is 1.97. The molecule has 9 heteroatoms. The molecule has 1 aliphatic heterocycles. The van der Waals surface area contributed by atoms with E-state index in [2.05, 4.69) is 10.8 Å². The number of nitrogens with one attached hydrogen (secondary N) is 2. The summed E-state index contributed by atoms with van der Waals surface area (Å²) in [6, 6.07) is 6.70. The molecule has 0 saturated heterocycles. The number of amides is 3. The second-order valence-electron chi connectivity index (χ2n) is 6.80. The molecular formula is C19H22N4O4S. The summed E-state index contributed by atoms with van der Waals surface area (Å²) < 4.78 is 5.85. The van der Waals surface area contributed by atoms with Gasteiger partial charge in [-0.3, -0.25) is 10.1 Å². The molecule has 3 amide bonds. The van der Waals surface area contributed by atoms with Crippen molar-refractivity contribution in [3.8, 4) is 16.2 Å². The van der Waals surface area contributed by atoms with Crippen LogP contribution in [0.1, 0.15) is 29.8 Å². The van der Waals surface area contributed by atoms with Gasteiger partial charge < -0.3 is 21.0 Å². The topological polar surface area (TPSA) is 129 Å². The Labute approximate surface area is 166 Å². The first-order chi connectivity index (χ1) is 13.2. The van der Waals surface area contributed by atoms with Crippen molar-refractivity contribution in [1.29, 1.82) is 0 Å². The normalized spacial score (nSPS) is 18.3. The van der Waals surface area contributed by atoms with Crippen LogP contribution in [-0.2, 0) is 4.84 Å². The van der Waals surface area contributed by atoms with E-state index in [0.717, 1.165) is 16.2 Å². The number of hydroxylamine groups is 1. The van der Waals surface area contributed by atoms with Crippen LogP contribution in [0.4, 0.5) is 9.80 Å². The van der Waals surface area contributed by atoms with Crippen LogP contribution in [0.3, 0.4) is 0 Å². The second-order valence-corrected chi connectivity index (χ2v) is 7.82. The molecule has 0 fully saturated rings. The number of carbonyl (C=O) groups is 2. The highest BCUT2D eigenvalue weighted by Gasteiger charge is 2.29. The molecule has 1 unspecified atom stereocenters. The first-order valence-corrected chi connectivity index (χ1v) is 9.36. The molecule has 0 bridgehead atoms. The average Bonchev–Trinajstić information content (AvgIpc) is 3.12. The fourth-order valence-electron chi connectivity index (χ4n) is 3.00. The van der Waals surface area contributed by atoms with Gasteiger partial charge in [0.2, 0.25) is 0 Å². The quantitative estimate of drug-likeness (QED) is 0.590. The van der Waals surface area contributed by atoms with Gasteiger partial charge in [0.25, 0.3) is 5.91 Å². The molecule has 0 saturated carbocycles. The predicted molar refractivity (Wildman–Crippen MR) is 108 cm³/mol. The van der Waals surface area contributed by atoms with Crippen LogP contribution in [0.15, 0.2) is 36.1 Å². The van der Waals surface area contributed by atoms with Crippen LogP contribution in [0.2, 0.25) is 0 Å². The summed E-state index contributed by atoms with van der Waals surface area (Å²) in [4.78, 5) is 29.1. The number of hydrogen-bond acceptors (Lipinski definition) is 6. The smallest absolute Gasteiger partial charge is 0.317 e. The minimum Gasteiger partial charge on any atom is -0.491 e. The van der Waals surface area contributed by atoms with Gasteiger partial charge in [0.05, 0.1) is 5.56 Å². The summed E-state index contributed by atoms with van der Waals surface area (Å²) in [7, 11) is 0. The van der Waals surface area contributed by atoms with E-state index in [4.69, 9.17) is 21.0 Å². The van der Waals surface area contributed by atoms with Crippen LogP contribution in [0.25, 0.3) is 10.4 Å². The fourth-order valence-corrected chi connectivity index (χ4v) is 4.22. The summed E-state index contributed by atoms with van der Waals surface area (Å²) in [5.74, 6) is 0.886. The first kappa shape index (κ1) is 19.7. The molecule has 3 rings (SSSR count). The van der Waals surface area contributed by atoms with Crippen molar-refractivity contribution in [2.45, 2.75) is 26.3 Å². The van der Waals surface area contributed by atoms with E-state index in [-0.39, 0.29) is 5.56 Å². The third-order valence-electron chi connectivity index (χ3n) is 4.25. The molecule has 1 aromatic heterocycles. The van der Waals surface area contributed by atoms with Gasteiger partial charge in [-0.15, -0.1) is 16.8 Å². The molecule has 148 valence electrons. The molecule has 6 N–H and O–H groups in total. The van der Waals surface area contributed by atoms with Crippen molar-refractivity contribution in [3.63, 3.8) is 0 Å². The second kappa shape index (κ2) is 7.53. The number of urea groups is 1. The zero-order valence-electron chi connectivity index (χ0n) is 15.8. The van der Waals surface area contributed by atoms with E-state index in [1.54, 1.807) is 6.92 Å². The highest BCUT2D eigenvalue weighted by Crippen LogP contribution is 2.40. The van der Waals surface area contributed by atoms with Crippen molar-refractivity contribution in [3.05, 3.63) is 47.2 Å². The molecule has 0 spiro atoms. The van der Waals surface area contributed by atoms with Crippen molar-refractivity contribution in [2.75, 3.05) is 11.9 Å². The van der Waals surface area contributed by atoms with Crippen molar-refractivity contribution < 1.29 is 19.2 Å². The average molecular weight is 402 g/mol. The number of ether oxygens (including phenoxy) is 1. The maximum absolute atomic E-state index is 11.8. The Kier molecular flexibility index (Phi) is 5.30. The van der Waals surface area contributed by atoms with E-state index in [1.165, 1.54) is 11.3 Å². The number of primary amides is 2. The van der Waals surface area contributed by atoms with Gasteiger partial charge in [-0.05, 0) is 62.2 Å². The van der Waals surface area contributed by atoms with Crippen molar-refractivity contribution >= 4 is 28.3 Å². The lowest BCUT2D eigenvalue weighted by atomic mass is 10.1. The Morgan fingerprint density at radius 2 is 1.93 bits per heavy atom. The van der Waals surface area contributed by atoms with Crippen LogP contribution in [0, 0.1) is 6.92 Å². The van der Waals surface area contributed by atoms with Crippen LogP contribution in [-0.4, -0.2) is 24.1 Å². The number of allylic oxidation sites excluding steroid dienone is 1. The SMILES string of the molecule is CC1=CC(C)(COc2ccc(-c3sc(NC(N)=O)c(C(N)=O)c3C)cc2)NO1. The van der Waals surface area contributed by atoms with Crippen molar-refractivity contribution in [1.82, 2.24) is 5.48 Å². The molecular weight excluding hydrogens is 380 g/mol. The van der Waals surface area contributed by atoms with E-state index in [0.29, 0.717) is 22.9 Å². The van der Waals surface area contributed by atoms with Crippen LogP contribution < -0.4 is 27.0 Å². The Morgan fingerprint density at radius 3 is 2.46 bits per heavy atom. The zero-order chi connectivity index (χ0) is 20.5. The van der Waals surface area contributed by atoms with Gasteiger partial charge in [-0.2, -0.15) is 0 Å². The molecule has 28 heavy (non-hydrogen) atoms. The maximum atomic E-state index is 11.8. The van der Waals surface area contributed by atoms with E-state index in [1.807, 2.05) is 44.2 Å². The van der Waals surface area contributed by atoms with E-state index < -0.39 is 17.5 Å². The fraction of sp³-hybridized carbons (Fsp3) is 0.263. The first-order valence-electron chi connectivity index (χ1n) is 8.55. The lowest BCUT2D eigenvalue weighted by Gasteiger charge is -2.21. The lowest BCUT2D eigenvalue weighted by Crippen LogP contribution is -2.41. The summed E-state index contributed by atoms with van der Waals surface area (Å²) in [6.45, 7) is 6.04. The molecule has 0 aliphatic carbocycles. The maximum Gasteiger partial charge on any atom is 0.317 e. The number of carbonyl (C=O) groups excluding carboxylic acids is 2. The van der Waals surface area contributed by atoms with Gasteiger partial charge in [0.15, 0.2) is 0 Å². The molecule has 1 atom stereocenters. The highest BCUT2D eigenvalue weighted by molar-refractivity contribution is 7.20. The Balaban J connectivity index is 1.80. The Hall–Kier alpha value is -3.04. The third-order valence-corrected chi connectivity index (χ3v) is 5.51. The van der Waals surface area contributed by atoms with E-state index >= 15 is 0 Å². The predicted octanol–water partition coefficient (Wildman–Crippen LogP) is 2.89. The molecule has 1 aliphatic rings. The highest BCUT2D eigenvalue weighted by atomic mass is 32.1. The standard InChI is InChI=1S/C19H22N4O4S/c1-10-8-19(3,23-27-10)9-26-13-6-4-12(5-7-13)15-11(2)14(16(20)24)17(28-15)22-18(21)25/h4-8,23H,9H2,1-3H3,(H2,20,24)(H3,21,22,25). The molecule has 8 nitrogen and oxygen atoms in total. The molecule has 0 radical (unpaired) electrons. The molecule has 2 heterocycles. The Bertz CT molecular complexity index is 952. The third kappa shape index (κ3) is 4.10. The van der Waals surface area contributed by atoms with Gasteiger partial charge in [-0.25, -0.2) is 4.79 Å². The minimum atomic E-state index is -0.749.